The van der Waals surface area contributed by atoms with Gasteiger partial charge in [-0.15, -0.1) is 0 Å². The van der Waals surface area contributed by atoms with Gasteiger partial charge in [0, 0.05) is 9.86 Å². The molecule has 1 heterocycles. The lowest BCUT2D eigenvalue weighted by Crippen LogP contribution is -1.80. The second-order valence-corrected chi connectivity index (χ2v) is 3.71. The molecule has 66 valence electrons. The van der Waals surface area contributed by atoms with E-state index in [0.717, 1.165) is 17.2 Å². The Bertz CT molecular complexity index is 480. The van der Waals surface area contributed by atoms with E-state index in [2.05, 4.69) is 26.1 Å². The van der Waals surface area contributed by atoms with E-state index in [1.807, 2.05) is 0 Å². The third-order valence-electron chi connectivity index (χ3n) is 1.76. The minimum atomic E-state index is 0.435. The second kappa shape index (κ2) is 3.12. The minimum Gasteiger partial charge on any atom is -0.296 e. The first-order valence-corrected chi connectivity index (χ1v) is 4.68. The quantitative estimate of drug-likeness (QED) is 0.801. The molecule has 1 aromatic carbocycles. The predicted octanol–water partition coefficient (Wildman–Crippen LogP) is 2.79. The van der Waals surface area contributed by atoms with Crippen LogP contribution in [-0.4, -0.2) is 16.5 Å². The van der Waals surface area contributed by atoms with Crippen molar-refractivity contribution in [3.05, 3.63) is 27.3 Å². The molecular weight excluding hydrogens is 255 g/mol. The lowest BCUT2D eigenvalue weighted by Gasteiger charge is -1.96. The molecule has 2 aromatic rings. The van der Waals surface area contributed by atoms with E-state index in [-0.39, 0.29) is 0 Å². The summed E-state index contributed by atoms with van der Waals surface area (Å²) in [7, 11) is 0. The molecule has 2 rings (SSSR count). The number of nitrogens with one attached hydrogen (secondary N) is 1. The molecule has 0 saturated carbocycles. The lowest BCUT2D eigenvalue weighted by molar-refractivity contribution is 0.112. The van der Waals surface area contributed by atoms with Gasteiger partial charge in [0.1, 0.15) is 5.69 Å². The fourth-order valence-electron chi connectivity index (χ4n) is 1.15. The van der Waals surface area contributed by atoms with Crippen molar-refractivity contribution in [2.24, 2.45) is 0 Å². The number of rotatable bonds is 1. The van der Waals surface area contributed by atoms with Crippen LogP contribution in [0.3, 0.4) is 0 Å². The molecule has 0 bridgehead atoms. The Kier molecular flexibility index (Phi) is 2.09. The highest BCUT2D eigenvalue weighted by Gasteiger charge is 2.10. The number of nitrogens with zero attached hydrogens (tertiary/aromatic N) is 1. The SMILES string of the molecule is O=Cc1[nH]nc2ccc(Cl)c(Br)c12. The Morgan fingerprint density at radius 2 is 2.31 bits per heavy atom. The van der Waals surface area contributed by atoms with Crippen LogP contribution in [0.15, 0.2) is 16.6 Å². The van der Waals surface area contributed by atoms with Crippen LogP contribution in [0.2, 0.25) is 5.02 Å². The number of carbonyl (C=O) groups excluding carboxylic acids is 1. The number of aromatic nitrogens is 2. The van der Waals surface area contributed by atoms with Gasteiger partial charge in [0.05, 0.1) is 10.5 Å². The fraction of sp³-hybridized carbons (Fsp3) is 0. The highest BCUT2D eigenvalue weighted by atomic mass is 79.9. The maximum Gasteiger partial charge on any atom is 0.168 e. The van der Waals surface area contributed by atoms with Crippen molar-refractivity contribution >= 4 is 44.7 Å². The van der Waals surface area contributed by atoms with E-state index in [1.165, 1.54) is 0 Å². The van der Waals surface area contributed by atoms with Gasteiger partial charge in [-0.25, -0.2) is 0 Å². The van der Waals surface area contributed by atoms with Gasteiger partial charge in [-0.1, -0.05) is 11.6 Å². The zero-order chi connectivity index (χ0) is 9.42. The van der Waals surface area contributed by atoms with Gasteiger partial charge in [-0.05, 0) is 28.1 Å². The maximum atomic E-state index is 10.6. The smallest absolute Gasteiger partial charge is 0.168 e. The van der Waals surface area contributed by atoms with Crippen molar-refractivity contribution in [3.63, 3.8) is 0 Å². The van der Waals surface area contributed by atoms with E-state index in [4.69, 9.17) is 11.6 Å². The monoisotopic (exact) mass is 258 g/mol. The summed E-state index contributed by atoms with van der Waals surface area (Å²) in [5.74, 6) is 0. The van der Waals surface area contributed by atoms with E-state index in [0.29, 0.717) is 15.2 Å². The van der Waals surface area contributed by atoms with Crippen LogP contribution in [0, 0.1) is 0 Å². The molecule has 3 nitrogen and oxygen atoms in total. The van der Waals surface area contributed by atoms with Crippen LogP contribution in [0.5, 0.6) is 0 Å². The molecular formula is C8H4BrClN2O. The molecule has 0 atom stereocenters. The summed E-state index contributed by atoms with van der Waals surface area (Å²) in [6.45, 7) is 0. The molecule has 0 aliphatic heterocycles. The topological polar surface area (TPSA) is 45.8 Å². The Balaban J connectivity index is 2.93. The highest BCUT2D eigenvalue weighted by molar-refractivity contribution is 9.10. The number of fused-ring (bicyclic) bond motifs is 1. The van der Waals surface area contributed by atoms with Gasteiger partial charge in [0.25, 0.3) is 0 Å². The van der Waals surface area contributed by atoms with Crippen LogP contribution in [-0.2, 0) is 0 Å². The number of aromatic amines is 1. The minimum absolute atomic E-state index is 0.435. The summed E-state index contributed by atoms with van der Waals surface area (Å²) in [6, 6.07) is 3.48. The largest absolute Gasteiger partial charge is 0.296 e. The standard InChI is InChI=1S/C8H4BrClN2O/c9-8-4(10)1-2-5-7(8)6(3-13)12-11-5/h1-3H,(H,11,12). The summed E-state index contributed by atoms with van der Waals surface area (Å²) in [4.78, 5) is 10.6. The molecule has 0 amide bonds. The fourth-order valence-corrected chi connectivity index (χ4v) is 1.86. The highest BCUT2D eigenvalue weighted by Crippen LogP contribution is 2.31. The van der Waals surface area contributed by atoms with Crippen molar-refractivity contribution in [2.45, 2.75) is 0 Å². The van der Waals surface area contributed by atoms with Gasteiger partial charge >= 0.3 is 0 Å². The number of benzene rings is 1. The summed E-state index contributed by atoms with van der Waals surface area (Å²) in [6.07, 6.45) is 0.719. The van der Waals surface area contributed by atoms with Crippen LogP contribution in [0.4, 0.5) is 0 Å². The molecule has 0 aliphatic rings. The second-order valence-electron chi connectivity index (χ2n) is 2.51. The van der Waals surface area contributed by atoms with E-state index in [9.17, 15) is 4.79 Å². The lowest BCUT2D eigenvalue weighted by atomic mass is 10.2. The predicted molar refractivity (Wildman–Crippen MR) is 54.2 cm³/mol. The number of carbonyl (C=O) groups is 1. The van der Waals surface area contributed by atoms with Gasteiger partial charge < -0.3 is 0 Å². The Morgan fingerprint density at radius 3 is 3.00 bits per heavy atom. The van der Waals surface area contributed by atoms with Crippen molar-refractivity contribution in [2.75, 3.05) is 0 Å². The first-order chi connectivity index (χ1) is 6.24. The molecule has 0 fully saturated rings. The molecule has 0 radical (unpaired) electrons. The Labute approximate surface area is 87.2 Å². The number of hydrogen-bond acceptors (Lipinski definition) is 2. The number of halogens is 2. The Morgan fingerprint density at radius 1 is 1.54 bits per heavy atom. The Hall–Kier alpha value is -0.870. The van der Waals surface area contributed by atoms with Gasteiger partial charge in [-0.2, -0.15) is 5.10 Å². The maximum absolute atomic E-state index is 10.6. The van der Waals surface area contributed by atoms with Gasteiger partial charge in [-0.3, -0.25) is 9.89 Å². The van der Waals surface area contributed by atoms with Crippen molar-refractivity contribution in [3.8, 4) is 0 Å². The summed E-state index contributed by atoms with van der Waals surface area (Å²) >= 11 is 9.17. The third-order valence-corrected chi connectivity index (χ3v) is 3.12. The summed E-state index contributed by atoms with van der Waals surface area (Å²) < 4.78 is 0.697. The first-order valence-electron chi connectivity index (χ1n) is 3.51. The molecule has 0 saturated heterocycles. The molecule has 0 unspecified atom stereocenters. The first kappa shape index (κ1) is 8.72. The average Bonchev–Trinajstić information content (AvgIpc) is 2.55. The van der Waals surface area contributed by atoms with Crippen LogP contribution in [0.25, 0.3) is 10.9 Å². The number of aldehydes is 1. The van der Waals surface area contributed by atoms with E-state index in [1.54, 1.807) is 12.1 Å². The zero-order valence-corrected chi connectivity index (χ0v) is 8.69. The molecule has 13 heavy (non-hydrogen) atoms. The summed E-state index contributed by atoms with van der Waals surface area (Å²) in [5.41, 5.74) is 1.16. The molecule has 5 heteroatoms. The number of hydrogen-bond donors (Lipinski definition) is 1. The van der Waals surface area contributed by atoms with Gasteiger partial charge in [0.2, 0.25) is 0 Å². The van der Waals surface area contributed by atoms with E-state index >= 15 is 0 Å². The molecule has 1 aromatic heterocycles. The van der Waals surface area contributed by atoms with Crippen LogP contribution in [0.1, 0.15) is 10.5 Å². The van der Waals surface area contributed by atoms with E-state index < -0.39 is 0 Å². The van der Waals surface area contributed by atoms with Gasteiger partial charge in [0.15, 0.2) is 6.29 Å². The van der Waals surface area contributed by atoms with Crippen LogP contribution < -0.4 is 0 Å². The molecule has 0 spiro atoms. The zero-order valence-electron chi connectivity index (χ0n) is 6.34. The number of H-pyrrole nitrogens is 1. The normalized spacial score (nSPS) is 10.6. The van der Waals surface area contributed by atoms with Crippen molar-refractivity contribution in [1.29, 1.82) is 0 Å². The third kappa shape index (κ3) is 1.26. The average molecular weight is 259 g/mol. The summed E-state index contributed by atoms with van der Waals surface area (Å²) in [5, 5.41) is 7.86. The molecule has 0 aliphatic carbocycles. The van der Waals surface area contributed by atoms with Crippen LogP contribution >= 0.6 is 27.5 Å². The van der Waals surface area contributed by atoms with Crippen molar-refractivity contribution < 1.29 is 4.79 Å². The van der Waals surface area contributed by atoms with Crippen molar-refractivity contribution in [1.82, 2.24) is 10.2 Å². The molecule has 1 N–H and O–H groups in total.